The SMILES string of the molecule is S=c1nccc(-c2cccc3ccncc23)[nH]1. The van der Waals surface area contributed by atoms with Gasteiger partial charge in [0, 0.05) is 35.2 Å². The van der Waals surface area contributed by atoms with E-state index in [2.05, 4.69) is 21.0 Å². The fraction of sp³-hybridized carbons (Fsp3) is 0. The minimum Gasteiger partial charge on any atom is -0.330 e. The Labute approximate surface area is 103 Å². The number of pyridine rings is 1. The summed E-state index contributed by atoms with van der Waals surface area (Å²) in [6.07, 6.45) is 5.37. The maximum atomic E-state index is 5.04. The van der Waals surface area contributed by atoms with Crippen LogP contribution in [-0.4, -0.2) is 15.0 Å². The number of hydrogen-bond donors (Lipinski definition) is 1. The van der Waals surface area contributed by atoms with Gasteiger partial charge >= 0.3 is 0 Å². The van der Waals surface area contributed by atoms with Crippen molar-refractivity contribution in [3.05, 3.63) is 53.7 Å². The molecule has 3 aromatic rings. The van der Waals surface area contributed by atoms with E-state index in [1.807, 2.05) is 30.5 Å². The lowest BCUT2D eigenvalue weighted by Crippen LogP contribution is -1.88. The van der Waals surface area contributed by atoms with Crippen LogP contribution in [0, 0.1) is 4.77 Å². The van der Waals surface area contributed by atoms with Gasteiger partial charge in [-0.1, -0.05) is 18.2 Å². The lowest BCUT2D eigenvalue weighted by molar-refractivity contribution is 1.14. The molecule has 17 heavy (non-hydrogen) atoms. The number of benzene rings is 1. The lowest BCUT2D eigenvalue weighted by Gasteiger charge is -2.05. The first-order valence-electron chi connectivity index (χ1n) is 5.23. The van der Waals surface area contributed by atoms with Crippen LogP contribution in [0.1, 0.15) is 0 Å². The Balaban J connectivity index is 2.34. The van der Waals surface area contributed by atoms with Gasteiger partial charge in [0.25, 0.3) is 0 Å². The number of fused-ring (bicyclic) bond motifs is 1. The molecule has 0 bridgehead atoms. The Hall–Kier alpha value is -2.07. The zero-order valence-corrected chi connectivity index (χ0v) is 9.74. The highest BCUT2D eigenvalue weighted by Crippen LogP contribution is 2.25. The van der Waals surface area contributed by atoms with Gasteiger partial charge in [0.15, 0.2) is 4.77 Å². The van der Waals surface area contributed by atoms with Crippen molar-refractivity contribution in [3.8, 4) is 11.3 Å². The quantitative estimate of drug-likeness (QED) is 0.662. The number of H-pyrrole nitrogens is 1. The average Bonchev–Trinajstić information content (AvgIpc) is 2.38. The van der Waals surface area contributed by atoms with Crippen LogP contribution in [0.25, 0.3) is 22.0 Å². The number of hydrogen-bond acceptors (Lipinski definition) is 3. The molecule has 0 atom stereocenters. The maximum Gasteiger partial charge on any atom is 0.197 e. The van der Waals surface area contributed by atoms with E-state index in [0.717, 1.165) is 22.0 Å². The third kappa shape index (κ3) is 1.83. The molecule has 0 amide bonds. The number of nitrogens with one attached hydrogen (secondary N) is 1. The van der Waals surface area contributed by atoms with E-state index in [1.54, 1.807) is 12.4 Å². The Morgan fingerprint density at radius 1 is 1.06 bits per heavy atom. The fourth-order valence-electron chi connectivity index (χ4n) is 1.87. The van der Waals surface area contributed by atoms with Crippen LogP contribution in [0.4, 0.5) is 0 Å². The molecule has 4 heteroatoms. The van der Waals surface area contributed by atoms with E-state index >= 15 is 0 Å². The topological polar surface area (TPSA) is 41.6 Å². The third-order valence-electron chi connectivity index (χ3n) is 2.65. The van der Waals surface area contributed by atoms with Crippen molar-refractivity contribution in [1.29, 1.82) is 0 Å². The lowest BCUT2D eigenvalue weighted by atomic mass is 10.0. The standard InChI is InChI=1S/C13H9N3S/c17-13-15-7-5-12(16-13)10-3-1-2-9-4-6-14-8-11(9)10/h1-8H,(H,15,16,17). The zero-order chi connectivity index (χ0) is 11.7. The van der Waals surface area contributed by atoms with Crippen molar-refractivity contribution in [3.63, 3.8) is 0 Å². The van der Waals surface area contributed by atoms with Gasteiger partial charge in [-0.25, -0.2) is 4.98 Å². The molecule has 3 nitrogen and oxygen atoms in total. The van der Waals surface area contributed by atoms with E-state index in [4.69, 9.17) is 12.2 Å². The van der Waals surface area contributed by atoms with Crippen molar-refractivity contribution in [2.45, 2.75) is 0 Å². The molecule has 2 aromatic heterocycles. The van der Waals surface area contributed by atoms with Crippen LogP contribution in [0.15, 0.2) is 48.9 Å². The molecule has 0 aliphatic carbocycles. The van der Waals surface area contributed by atoms with Crippen LogP contribution in [0.3, 0.4) is 0 Å². The minimum atomic E-state index is 0.489. The number of aromatic amines is 1. The number of nitrogens with zero attached hydrogens (tertiary/aromatic N) is 2. The summed E-state index contributed by atoms with van der Waals surface area (Å²) in [7, 11) is 0. The second-order valence-corrected chi connectivity index (χ2v) is 4.08. The van der Waals surface area contributed by atoms with Gasteiger partial charge in [0.2, 0.25) is 0 Å². The van der Waals surface area contributed by atoms with E-state index in [1.165, 1.54) is 0 Å². The second-order valence-electron chi connectivity index (χ2n) is 3.69. The molecule has 0 saturated heterocycles. The molecular weight excluding hydrogens is 230 g/mol. The molecule has 0 aliphatic heterocycles. The Morgan fingerprint density at radius 2 is 2.00 bits per heavy atom. The van der Waals surface area contributed by atoms with Crippen LogP contribution >= 0.6 is 12.2 Å². The molecule has 1 N–H and O–H groups in total. The highest BCUT2D eigenvalue weighted by atomic mass is 32.1. The maximum absolute atomic E-state index is 5.04. The normalized spacial score (nSPS) is 10.6. The summed E-state index contributed by atoms with van der Waals surface area (Å²) < 4.78 is 0.489. The van der Waals surface area contributed by atoms with E-state index in [-0.39, 0.29) is 0 Å². The summed E-state index contributed by atoms with van der Waals surface area (Å²) in [6.45, 7) is 0. The van der Waals surface area contributed by atoms with Crippen LogP contribution < -0.4 is 0 Å². The van der Waals surface area contributed by atoms with Crippen LogP contribution in [-0.2, 0) is 0 Å². The smallest absolute Gasteiger partial charge is 0.197 e. The van der Waals surface area contributed by atoms with Gasteiger partial charge in [-0.05, 0) is 29.7 Å². The van der Waals surface area contributed by atoms with Gasteiger partial charge in [0.1, 0.15) is 0 Å². The predicted molar refractivity (Wildman–Crippen MR) is 70.2 cm³/mol. The van der Waals surface area contributed by atoms with E-state index in [0.29, 0.717) is 4.77 Å². The first kappa shape index (κ1) is 10.1. The summed E-state index contributed by atoms with van der Waals surface area (Å²) >= 11 is 5.04. The van der Waals surface area contributed by atoms with E-state index in [9.17, 15) is 0 Å². The monoisotopic (exact) mass is 239 g/mol. The second kappa shape index (κ2) is 4.07. The van der Waals surface area contributed by atoms with Crippen molar-refractivity contribution >= 4 is 23.0 Å². The molecule has 0 spiro atoms. The van der Waals surface area contributed by atoms with Gasteiger partial charge < -0.3 is 4.98 Å². The highest BCUT2D eigenvalue weighted by molar-refractivity contribution is 7.71. The Bertz CT molecular complexity index is 728. The number of rotatable bonds is 1. The average molecular weight is 239 g/mol. The summed E-state index contributed by atoms with van der Waals surface area (Å²) in [5.41, 5.74) is 2.05. The Kier molecular flexibility index (Phi) is 2.42. The molecular formula is C13H9N3S. The third-order valence-corrected chi connectivity index (χ3v) is 2.86. The van der Waals surface area contributed by atoms with Gasteiger partial charge in [-0.2, -0.15) is 0 Å². The molecule has 0 radical (unpaired) electrons. The molecule has 1 aromatic carbocycles. The van der Waals surface area contributed by atoms with Crippen LogP contribution in [0.2, 0.25) is 0 Å². The fourth-order valence-corrected chi connectivity index (χ4v) is 2.04. The summed E-state index contributed by atoms with van der Waals surface area (Å²) in [5.74, 6) is 0. The van der Waals surface area contributed by atoms with Gasteiger partial charge in [0.05, 0.1) is 0 Å². The van der Waals surface area contributed by atoms with Crippen molar-refractivity contribution in [2.75, 3.05) is 0 Å². The molecule has 0 fully saturated rings. The largest absolute Gasteiger partial charge is 0.330 e. The summed E-state index contributed by atoms with van der Waals surface area (Å²) in [4.78, 5) is 11.2. The minimum absolute atomic E-state index is 0.489. The van der Waals surface area contributed by atoms with Crippen LogP contribution in [0.5, 0.6) is 0 Å². The first-order chi connectivity index (χ1) is 8.34. The molecule has 0 aliphatic rings. The van der Waals surface area contributed by atoms with Crippen molar-refractivity contribution in [2.24, 2.45) is 0 Å². The van der Waals surface area contributed by atoms with Crippen molar-refractivity contribution < 1.29 is 0 Å². The predicted octanol–water partition coefficient (Wildman–Crippen LogP) is 3.35. The number of aromatic nitrogens is 3. The molecule has 0 saturated carbocycles. The highest BCUT2D eigenvalue weighted by Gasteiger charge is 2.03. The van der Waals surface area contributed by atoms with Gasteiger partial charge in [-0.15, -0.1) is 0 Å². The zero-order valence-electron chi connectivity index (χ0n) is 8.92. The van der Waals surface area contributed by atoms with Gasteiger partial charge in [-0.3, -0.25) is 4.98 Å². The molecule has 3 rings (SSSR count). The summed E-state index contributed by atoms with van der Waals surface area (Å²) in [5, 5.41) is 2.26. The molecule has 0 unspecified atom stereocenters. The Morgan fingerprint density at radius 3 is 2.88 bits per heavy atom. The first-order valence-corrected chi connectivity index (χ1v) is 5.64. The van der Waals surface area contributed by atoms with Crippen molar-refractivity contribution in [1.82, 2.24) is 15.0 Å². The van der Waals surface area contributed by atoms with E-state index < -0.39 is 0 Å². The molecule has 2 heterocycles. The molecule has 82 valence electrons. The summed E-state index contributed by atoms with van der Waals surface area (Å²) in [6, 6.07) is 10.0.